The van der Waals surface area contributed by atoms with Gasteiger partial charge < -0.3 is 5.73 Å². The molecular formula is C16H25FN2. The SMILES string of the molecule is CCCN(C1CC1)C(c1cccc(F)c1)C(N)CC. The van der Waals surface area contributed by atoms with Crippen LogP contribution in [0.5, 0.6) is 0 Å². The minimum Gasteiger partial charge on any atom is -0.326 e. The summed E-state index contributed by atoms with van der Waals surface area (Å²) in [5.74, 6) is -0.168. The Labute approximate surface area is 115 Å². The maximum Gasteiger partial charge on any atom is 0.123 e. The van der Waals surface area contributed by atoms with Crippen molar-refractivity contribution in [1.82, 2.24) is 4.90 Å². The fraction of sp³-hybridized carbons (Fsp3) is 0.625. The number of rotatable bonds is 7. The van der Waals surface area contributed by atoms with Crippen LogP contribution >= 0.6 is 0 Å². The average Bonchev–Trinajstić information content (AvgIpc) is 3.22. The molecule has 0 bridgehead atoms. The van der Waals surface area contributed by atoms with E-state index in [1.54, 1.807) is 12.1 Å². The Hall–Kier alpha value is -0.930. The van der Waals surface area contributed by atoms with Crippen LogP contribution < -0.4 is 5.73 Å². The summed E-state index contributed by atoms with van der Waals surface area (Å²) in [7, 11) is 0. The first-order valence-electron chi connectivity index (χ1n) is 7.44. The molecule has 0 heterocycles. The summed E-state index contributed by atoms with van der Waals surface area (Å²) in [5.41, 5.74) is 7.35. The summed E-state index contributed by atoms with van der Waals surface area (Å²) < 4.78 is 13.5. The predicted molar refractivity (Wildman–Crippen MR) is 77.4 cm³/mol. The molecule has 3 heteroatoms. The van der Waals surface area contributed by atoms with Crippen LogP contribution in [0.3, 0.4) is 0 Å². The van der Waals surface area contributed by atoms with Crippen molar-refractivity contribution < 1.29 is 4.39 Å². The van der Waals surface area contributed by atoms with Gasteiger partial charge in [0, 0.05) is 12.1 Å². The van der Waals surface area contributed by atoms with Crippen molar-refractivity contribution in [1.29, 1.82) is 0 Å². The first-order valence-corrected chi connectivity index (χ1v) is 7.44. The van der Waals surface area contributed by atoms with Gasteiger partial charge in [0.1, 0.15) is 5.82 Å². The van der Waals surface area contributed by atoms with E-state index in [1.165, 1.54) is 18.9 Å². The van der Waals surface area contributed by atoms with Crippen LogP contribution in [0, 0.1) is 5.82 Å². The fourth-order valence-corrected chi connectivity index (χ4v) is 2.81. The lowest BCUT2D eigenvalue weighted by atomic mass is 9.95. The minimum atomic E-state index is -0.168. The van der Waals surface area contributed by atoms with Crippen molar-refractivity contribution in [2.75, 3.05) is 6.54 Å². The Kier molecular flexibility index (Phi) is 4.94. The molecule has 0 aliphatic heterocycles. The average molecular weight is 264 g/mol. The molecule has 106 valence electrons. The molecule has 2 nitrogen and oxygen atoms in total. The quantitative estimate of drug-likeness (QED) is 0.817. The maximum atomic E-state index is 13.5. The first kappa shape index (κ1) is 14.5. The Morgan fingerprint density at radius 1 is 1.37 bits per heavy atom. The van der Waals surface area contributed by atoms with Gasteiger partial charge in [-0.2, -0.15) is 0 Å². The molecule has 1 fully saturated rings. The van der Waals surface area contributed by atoms with Crippen molar-refractivity contribution in [3.63, 3.8) is 0 Å². The zero-order chi connectivity index (χ0) is 13.8. The zero-order valence-corrected chi connectivity index (χ0v) is 12.0. The Balaban J connectivity index is 2.28. The first-order chi connectivity index (χ1) is 9.17. The number of benzene rings is 1. The van der Waals surface area contributed by atoms with Crippen LogP contribution in [0.4, 0.5) is 4.39 Å². The summed E-state index contributed by atoms with van der Waals surface area (Å²) in [6.07, 6.45) is 4.53. The van der Waals surface area contributed by atoms with Gasteiger partial charge in [0.15, 0.2) is 0 Å². The highest BCUT2D eigenvalue weighted by Gasteiger charge is 2.36. The molecule has 1 aromatic rings. The molecule has 19 heavy (non-hydrogen) atoms. The Morgan fingerprint density at radius 3 is 2.63 bits per heavy atom. The summed E-state index contributed by atoms with van der Waals surface area (Å²) >= 11 is 0. The topological polar surface area (TPSA) is 29.3 Å². The third-order valence-electron chi connectivity index (χ3n) is 3.92. The van der Waals surface area contributed by atoms with Crippen LogP contribution in [0.25, 0.3) is 0 Å². The van der Waals surface area contributed by atoms with Crippen molar-refractivity contribution in [2.45, 2.75) is 57.7 Å². The van der Waals surface area contributed by atoms with E-state index >= 15 is 0 Å². The van der Waals surface area contributed by atoms with E-state index in [-0.39, 0.29) is 17.9 Å². The summed E-state index contributed by atoms with van der Waals surface area (Å²) in [5, 5.41) is 0. The second-order valence-corrected chi connectivity index (χ2v) is 5.54. The third-order valence-corrected chi connectivity index (χ3v) is 3.92. The van der Waals surface area contributed by atoms with E-state index < -0.39 is 0 Å². The lowest BCUT2D eigenvalue weighted by Gasteiger charge is -2.35. The van der Waals surface area contributed by atoms with E-state index in [9.17, 15) is 4.39 Å². The molecule has 0 aromatic heterocycles. The largest absolute Gasteiger partial charge is 0.326 e. The molecule has 0 radical (unpaired) electrons. The number of nitrogens with two attached hydrogens (primary N) is 1. The Morgan fingerprint density at radius 2 is 2.11 bits per heavy atom. The monoisotopic (exact) mass is 264 g/mol. The smallest absolute Gasteiger partial charge is 0.123 e. The lowest BCUT2D eigenvalue weighted by Crippen LogP contribution is -2.42. The molecule has 0 amide bonds. The van der Waals surface area contributed by atoms with Crippen LogP contribution in [0.15, 0.2) is 24.3 Å². The number of hydrogen-bond donors (Lipinski definition) is 1. The molecule has 2 rings (SSSR count). The van der Waals surface area contributed by atoms with E-state index in [1.807, 2.05) is 6.07 Å². The highest BCUT2D eigenvalue weighted by molar-refractivity contribution is 5.22. The van der Waals surface area contributed by atoms with Gasteiger partial charge in [0.25, 0.3) is 0 Å². The van der Waals surface area contributed by atoms with Gasteiger partial charge in [0.2, 0.25) is 0 Å². The normalized spacial score (nSPS) is 18.6. The fourth-order valence-electron chi connectivity index (χ4n) is 2.81. The maximum absolute atomic E-state index is 13.5. The third kappa shape index (κ3) is 3.54. The molecule has 1 aliphatic rings. The summed E-state index contributed by atoms with van der Waals surface area (Å²) in [4.78, 5) is 2.49. The summed E-state index contributed by atoms with van der Waals surface area (Å²) in [6.45, 7) is 5.34. The van der Waals surface area contributed by atoms with Crippen LogP contribution in [-0.4, -0.2) is 23.5 Å². The van der Waals surface area contributed by atoms with Crippen LogP contribution in [0.2, 0.25) is 0 Å². The molecule has 1 saturated carbocycles. The number of nitrogens with zero attached hydrogens (tertiary/aromatic N) is 1. The predicted octanol–water partition coefficient (Wildman–Crippen LogP) is 3.48. The summed E-state index contributed by atoms with van der Waals surface area (Å²) in [6, 6.07) is 7.79. The molecule has 2 N–H and O–H groups in total. The molecule has 0 spiro atoms. The Bertz CT molecular complexity index is 403. The number of halogens is 1. The zero-order valence-electron chi connectivity index (χ0n) is 12.0. The van der Waals surface area contributed by atoms with Crippen molar-refractivity contribution in [2.24, 2.45) is 5.73 Å². The van der Waals surface area contributed by atoms with E-state index in [2.05, 4.69) is 18.7 Å². The molecule has 1 aliphatic carbocycles. The van der Waals surface area contributed by atoms with Crippen LogP contribution in [0.1, 0.15) is 51.1 Å². The van der Waals surface area contributed by atoms with Crippen molar-refractivity contribution in [3.8, 4) is 0 Å². The second kappa shape index (κ2) is 6.49. The van der Waals surface area contributed by atoms with Gasteiger partial charge in [-0.25, -0.2) is 4.39 Å². The second-order valence-electron chi connectivity index (χ2n) is 5.54. The van der Waals surface area contributed by atoms with Gasteiger partial charge in [0.05, 0.1) is 6.04 Å². The molecule has 2 atom stereocenters. The van der Waals surface area contributed by atoms with Gasteiger partial charge in [-0.05, 0) is 49.9 Å². The van der Waals surface area contributed by atoms with Crippen molar-refractivity contribution >= 4 is 0 Å². The molecule has 1 aromatic carbocycles. The molecular weight excluding hydrogens is 239 g/mol. The van der Waals surface area contributed by atoms with E-state index in [0.717, 1.165) is 24.9 Å². The molecule has 0 saturated heterocycles. The van der Waals surface area contributed by atoms with Gasteiger partial charge in [-0.3, -0.25) is 4.90 Å². The van der Waals surface area contributed by atoms with Crippen LogP contribution in [-0.2, 0) is 0 Å². The molecule has 2 unspecified atom stereocenters. The number of hydrogen-bond acceptors (Lipinski definition) is 2. The minimum absolute atomic E-state index is 0.0638. The van der Waals surface area contributed by atoms with Gasteiger partial charge in [-0.1, -0.05) is 26.0 Å². The van der Waals surface area contributed by atoms with Gasteiger partial charge in [-0.15, -0.1) is 0 Å². The standard InChI is InChI=1S/C16H25FN2/c1-3-10-19(14-8-9-14)16(15(18)4-2)12-6-5-7-13(17)11-12/h5-7,11,14-16H,3-4,8-10,18H2,1-2H3. The van der Waals surface area contributed by atoms with E-state index in [0.29, 0.717) is 6.04 Å². The van der Waals surface area contributed by atoms with Gasteiger partial charge >= 0.3 is 0 Å². The van der Waals surface area contributed by atoms with E-state index in [4.69, 9.17) is 5.73 Å². The lowest BCUT2D eigenvalue weighted by molar-refractivity contribution is 0.159. The highest BCUT2D eigenvalue weighted by atomic mass is 19.1. The van der Waals surface area contributed by atoms with Crippen molar-refractivity contribution in [3.05, 3.63) is 35.6 Å². The highest BCUT2D eigenvalue weighted by Crippen LogP contribution is 2.36.